The molecule has 0 heterocycles. The van der Waals surface area contributed by atoms with Gasteiger partial charge < -0.3 is 9.47 Å². The Hall–Kier alpha value is -2.20. The smallest absolute Gasteiger partial charge is 0.309 e. The predicted octanol–water partition coefficient (Wildman–Crippen LogP) is 8.89. The van der Waals surface area contributed by atoms with Crippen molar-refractivity contribution in [3.63, 3.8) is 0 Å². The molecule has 0 aliphatic carbocycles. The number of hydrogen-bond donors (Lipinski definition) is 0. The SMILES string of the molecule is CC/C=C\C/C=C\C/C=C\C/C=C\C/C=C\CCCCOC(CC)C(=O)C[C@@H](CC(C)C)C(=O)OCC. The first-order valence-corrected chi connectivity index (χ1v) is 14.5. The molecule has 0 aromatic carbocycles. The number of allylic oxidation sites excluding steroid dienone is 10. The van der Waals surface area contributed by atoms with Crippen LogP contribution in [0.2, 0.25) is 0 Å². The molecule has 0 spiro atoms. The number of hydrogen-bond acceptors (Lipinski definition) is 4. The number of ketones is 1. The minimum absolute atomic E-state index is 0.0130. The van der Waals surface area contributed by atoms with Gasteiger partial charge in [-0.25, -0.2) is 0 Å². The van der Waals surface area contributed by atoms with Gasteiger partial charge in [0.25, 0.3) is 0 Å². The highest BCUT2D eigenvalue weighted by Gasteiger charge is 2.27. The Balaban J connectivity index is 4.01. The van der Waals surface area contributed by atoms with Crippen molar-refractivity contribution in [2.24, 2.45) is 11.8 Å². The van der Waals surface area contributed by atoms with Crippen LogP contribution in [0, 0.1) is 11.8 Å². The van der Waals surface area contributed by atoms with Crippen LogP contribution in [0.3, 0.4) is 0 Å². The summed E-state index contributed by atoms with van der Waals surface area (Å²) in [6.07, 6.45) is 31.2. The average molecular weight is 515 g/mol. The van der Waals surface area contributed by atoms with Gasteiger partial charge in [-0.2, -0.15) is 0 Å². The van der Waals surface area contributed by atoms with Gasteiger partial charge in [0.2, 0.25) is 0 Å². The van der Waals surface area contributed by atoms with Crippen molar-refractivity contribution in [3.8, 4) is 0 Å². The van der Waals surface area contributed by atoms with E-state index in [0.717, 1.165) is 51.4 Å². The Morgan fingerprint density at radius 2 is 1.27 bits per heavy atom. The fourth-order valence-electron chi connectivity index (χ4n) is 3.86. The minimum Gasteiger partial charge on any atom is -0.466 e. The standard InChI is InChI=1S/C33H54O4/c1-6-9-10-11-12-13-14-15-16-17-18-19-20-21-22-23-24-25-26-37-32(7-2)31(34)28-30(27-29(4)5)33(35)36-8-3/h9-10,12-13,15-16,18-19,21-22,29-30,32H,6-8,11,14,17,20,23-28H2,1-5H3/b10-9-,13-12-,16-15-,19-18-,22-21-/t30-,32?/m1/s1. The highest BCUT2D eigenvalue weighted by Crippen LogP contribution is 2.20. The van der Waals surface area contributed by atoms with Gasteiger partial charge in [0.1, 0.15) is 6.10 Å². The van der Waals surface area contributed by atoms with Gasteiger partial charge in [-0.3, -0.25) is 9.59 Å². The van der Waals surface area contributed by atoms with Crippen molar-refractivity contribution in [1.82, 2.24) is 0 Å². The van der Waals surface area contributed by atoms with E-state index in [0.29, 0.717) is 32.0 Å². The fraction of sp³-hybridized carbons (Fsp3) is 0.636. The van der Waals surface area contributed by atoms with Crippen LogP contribution in [0.25, 0.3) is 0 Å². The van der Waals surface area contributed by atoms with E-state index in [1.54, 1.807) is 6.92 Å². The summed E-state index contributed by atoms with van der Waals surface area (Å²) in [7, 11) is 0. The van der Waals surface area contributed by atoms with Crippen LogP contribution in [-0.2, 0) is 19.1 Å². The first-order valence-electron chi connectivity index (χ1n) is 14.5. The van der Waals surface area contributed by atoms with Crippen LogP contribution in [-0.4, -0.2) is 31.1 Å². The molecular weight excluding hydrogens is 460 g/mol. The second-order valence-corrected chi connectivity index (χ2v) is 9.72. The largest absolute Gasteiger partial charge is 0.466 e. The van der Waals surface area contributed by atoms with Crippen molar-refractivity contribution < 1.29 is 19.1 Å². The van der Waals surface area contributed by atoms with E-state index < -0.39 is 6.10 Å². The molecule has 2 atom stereocenters. The van der Waals surface area contributed by atoms with Gasteiger partial charge in [0.15, 0.2) is 5.78 Å². The summed E-state index contributed by atoms with van der Waals surface area (Å²) in [4.78, 5) is 25.0. The number of rotatable bonds is 23. The summed E-state index contributed by atoms with van der Waals surface area (Å²) in [6.45, 7) is 10.9. The molecular formula is C33H54O4. The van der Waals surface area contributed by atoms with E-state index in [9.17, 15) is 9.59 Å². The average Bonchev–Trinajstić information content (AvgIpc) is 2.87. The summed E-state index contributed by atoms with van der Waals surface area (Å²) < 4.78 is 11.1. The first kappa shape index (κ1) is 34.8. The molecule has 210 valence electrons. The predicted molar refractivity (Wildman–Crippen MR) is 158 cm³/mol. The molecule has 0 amide bonds. The molecule has 0 aromatic rings. The van der Waals surface area contributed by atoms with Gasteiger partial charge in [-0.15, -0.1) is 0 Å². The first-order chi connectivity index (χ1) is 18.0. The summed E-state index contributed by atoms with van der Waals surface area (Å²) in [6, 6.07) is 0. The molecule has 0 bridgehead atoms. The van der Waals surface area contributed by atoms with Crippen LogP contribution in [0.5, 0.6) is 0 Å². The maximum Gasteiger partial charge on any atom is 0.309 e. The van der Waals surface area contributed by atoms with Gasteiger partial charge >= 0.3 is 5.97 Å². The van der Waals surface area contributed by atoms with E-state index in [1.807, 2.05) is 6.92 Å². The molecule has 1 unspecified atom stereocenters. The molecule has 0 aromatic heterocycles. The lowest BCUT2D eigenvalue weighted by atomic mass is 9.90. The number of Topliss-reactive ketones (excluding diaryl/α,β-unsaturated/α-hetero) is 1. The number of unbranched alkanes of at least 4 members (excludes halogenated alkanes) is 2. The van der Waals surface area contributed by atoms with Gasteiger partial charge in [0, 0.05) is 13.0 Å². The van der Waals surface area contributed by atoms with Crippen LogP contribution in [0.4, 0.5) is 0 Å². The number of carbonyl (C=O) groups is 2. The molecule has 0 saturated heterocycles. The molecule has 4 heteroatoms. The summed E-state index contributed by atoms with van der Waals surface area (Å²) in [5.74, 6) is -0.296. The van der Waals surface area contributed by atoms with E-state index in [-0.39, 0.29) is 24.1 Å². The minimum atomic E-state index is -0.433. The lowest BCUT2D eigenvalue weighted by molar-refractivity contribution is -0.151. The quantitative estimate of drug-likeness (QED) is 0.0776. The molecule has 37 heavy (non-hydrogen) atoms. The van der Waals surface area contributed by atoms with E-state index >= 15 is 0 Å². The molecule has 0 radical (unpaired) electrons. The second-order valence-electron chi connectivity index (χ2n) is 9.72. The zero-order valence-electron chi connectivity index (χ0n) is 24.3. The zero-order chi connectivity index (χ0) is 27.6. The van der Waals surface area contributed by atoms with Crippen molar-refractivity contribution in [2.45, 2.75) is 111 Å². The van der Waals surface area contributed by atoms with Crippen molar-refractivity contribution in [3.05, 3.63) is 60.8 Å². The summed E-state index contributed by atoms with van der Waals surface area (Å²) >= 11 is 0. The highest BCUT2D eigenvalue weighted by atomic mass is 16.5. The maximum absolute atomic E-state index is 12.7. The van der Waals surface area contributed by atoms with E-state index in [1.165, 1.54) is 0 Å². The van der Waals surface area contributed by atoms with Gasteiger partial charge in [-0.1, -0.05) is 88.5 Å². The Morgan fingerprint density at radius 1 is 0.730 bits per heavy atom. The number of carbonyl (C=O) groups excluding carboxylic acids is 2. The molecule has 0 N–H and O–H groups in total. The normalized spacial score (nSPS) is 14.2. The third-order valence-corrected chi connectivity index (χ3v) is 5.80. The molecule has 0 aliphatic heterocycles. The summed E-state index contributed by atoms with van der Waals surface area (Å²) in [5, 5.41) is 0. The number of ether oxygens (including phenoxy) is 2. The van der Waals surface area contributed by atoms with Crippen LogP contribution in [0.1, 0.15) is 105 Å². The van der Waals surface area contributed by atoms with Crippen molar-refractivity contribution >= 4 is 11.8 Å². The van der Waals surface area contributed by atoms with Crippen LogP contribution in [0.15, 0.2) is 60.8 Å². The lowest BCUT2D eigenvalue weighted by Gasteiger charge is -2.20. The lowest BCUT2D eigenvalue weighted by Crippen LogP contribution is -2.30. The molecule has 4 nitrogen and oxygen atoms in total. The maximum atomic E-state index is 12.7. The Kier molecular flexibility index (Phi) is 23.9. The molecule has 0 saturated carbocycles. The summed E-state index contributed by atoms with van der Waals surface area (Å²) in [5.41, 5.74) is 0. The Morgan fingerprint density at radius 3 is 1.76 bits per heavy atom. The van der Waals surface area contributed by atoms with Gasteiger partial charge in [0.05, 0.1) is 12.5 Å². The topological polar surface area (TPSA) is 52.6 Å². The van der Waals surface area contributed by atoms with E-state index in [4.69, 9.17) is 9.47 Å². The Bertz CT molecular complexity index is 712. The van der Waals surface area contributed by atoms with Crippen molar-refractivity contribution in [1.29, 1.82) is 0 Å². The zero-order valence-corrected chi connectivity index (χ0v) is 24.3. The molecule has 0 fully saturated rings. The fourth-order valence-corrected chi connectivity index (χ4v) is 3.86. The highest BCUT2D eigenvalue weighted by molar-refractivity contribution is 5.87. The van der Waals surface area contributed by atoms with Gasteiger partial charge in [-0.05, 0) is 77.0 Å². The number of esters is 1. The molecule has 0 aliphatic rings. The van der Waals surface area contributed by atoms with E-state index in [2.05, 4.69) is 81.5 Å². The van der Waals surface area contributed by atoms with Crippen LogP contribution >= 0.6 is 0 Å². The third-order valence-electron chi connectivity index (χ3n) is 5.80. The second kappa shape index (κ2) is 25.4. The monoisotopic (exact) mass is 514 g/mol. The van der Waals surface area contributed by atoms with Crippen LogP contribution < -0.4 is 0 Å². The Labute approximate surface area is 228 Å². The van der Waals surface area contributed by atoms with Crippen molar-refractivity contribution in [2.75, 3.05) is 13.2 Å². The third kappa shape index (κ3) is 21.6. The molecule has 0 rings (SSSR count).